The smallest absolute Gasteiger partial charge is 0.253 e. The summed E-state index contributed by atoms with van der Waals surface area (Å²) in [6, 6.07) is 0. The van der Waals surface area contributed by atoms with Crippen LogP contribution < -0.4 is 5.32 Å². The maximum Gasteiger partial charge on any atom is 0.253 e. The number of carbonyl (C=O) groups excluding carboxylic acids is 4. The number of hydrogen-bond donors (Lipinski definition) is 1. The van der Waals surface area contributed by atoms with Gasteiger partial charge in [-0.1, -0.05) is 0 Å². The zero-order valence-corrected chi connectivity index (χ0v) is 21.1. The second-order valence-electron chi connectivity index (χ2n) is 9.34. The van der Waals surface area contributed by atoms with E-state index in [1.807, 2.05) is 27.7 Å². The fourth-order valence-corrected chi connectivity index (χ4v) is 2.87. The molecule has 0 saturated carbocycles. The first-order valence-electron chi connectivity index (χ1n) is 11.6. The van der Waals surface area contributed by atoms with Gasteiger partial charge in [0.05, 0.1) is 50.8 Å². The number of Topliss-reactive ketones (excluding diaryl/α,β-unsaturated/α-hetero) is 1. The molecule has 0 fully saturated rings. The molecule has 0 aromatic carbocycles. The molecule has 0 spiro atoms. The molecule has 0 saturated heterocycles. The van der Waals surface area contributed by atoms with Gasteiger partial charge < -0.3 is 29.1 Å². The van der Waals surface area contributed by atoms with Crippen molar-refractivity contribution in [3.8, 4) is 0 Å². The van der Waals surface area contributed by atoms with Crippen molar-refractivity contribution in [3.63, 3.8) is 0 Å². The van der Waals surface area contributed by atoms with Crippen LogP contribution in [-0.2, 0) is 38.1 Å². The maximum absolute atomic E-state index is 11.8. The van der Waals surface area contributed by atoms with Gasteiger partial charge in [-0.15, -0.1) is 0 Å². The molecule has 1 aliphatic rings. The average Bonchev–Trinajstić information content (AvgIpc) is 3.08. The monoisotopic (exact) mass is 484 g/mol. The Labute approximate surface area is 202 Å². The summed E-state index contributed by atoms with van der Waals surface area (Å²) in [6.45, 7) is 12.2. The van der Waals surface area contributed by atoms with E-state index in [-0.39, 0.29) is 30.3 Å². The van der Waals surface area contributed by atoms with Crippen LogP contribution in [0.2, 0.25) is 0 Å². The number of ketones is 1. The van der Waals surface area contributed by atoms with E-state index in [0.29, 0.717) is 59.0 Å². The number of hydrogen-bond acceptors (Lipinski definition) is 8. The predicted octanol–water partition coefficient (Wildman–Crippen LogP) is 1.41. The van der Waals surface area contributed by atoms with Crippen LogP contribution in [0.4, 0.5) is 0 Å². The molecule has 1 aliphatic heterocycles. The minimum Gasteiger partial charge on any atom is -0.377 e. The van der Waals surface area contributed by atoms with E-state index >= 15 is 0 Å². The molecular formula is C24H40N2O8. The lowest BCUT2D eigenvalue weighted by Gasteiger charge is -2.32. The third-order valence-corrected chi connectivity index (χ3v) is 5.01. The molecule has 0 unspecified atom stereocenters. The molecule has 0 bridgehead atoms. The fourth-order valence-electron chi connectivity index (χ4n) is 2.87. The SMILES string of the molecule is CC(=O)CCC(C)(C)OCC(C)(C)OCCOCCOCCNC(=O)CCN1C(=O)C=CC1=O. The number of amides is 3. The molecule has 3 amide bonds. The van der Waals surface area contributed by atoms with E-state index in [1.54, 1.807) is 6.92 Å². The van der Waals surface area contributed by atoms with Gasteiger partial charge in [-0.2, -0.15) is 0 Å². The van der Waals surface area contributed by atoms with Crippen molar-refractivity contribution in [1.82, 2.24) is 10.2 Å². The predicted molar refractivity (Wildman–Crippen MR) is 125 cm³/mol. The third-order valence-electron chi connectivity index (χ3n) is 5.01. The summed E-state index contributed by atoms with van der Waals surface area (Å²) in [6.07, 6.45) is 3.61. The highest BCUT2D eigenvalue weighted by Gasteiger charge is 2.26. The minimum atomic E-state index is -0.475. The van der Waals surface area contributed by atoms with E-state index in [1.165, 1.54) is 12.2 Å². The normalized spacial score (nSPS) is 14.2. The molecule has 0 radical (unpaired) electrons. The first-order chi connectivity index (χ1) is 15.9. The standard InChI is InChI=1S/C24H40N2O8/c1-19(27)8-10-23(2,3)34-18-24(4,5)33-17-16-32-15-14-31-13-11-25-20(28)9-12-26-21(29)6-7-22(26)30/h6-7H,8-18H2,1-5H3,(H,25,28). The fraction of sp³-hybridized carbons (Fsp3) is 0.750. The van der Waals surface area contributed by atoms with Crippen LogP contribution in [0.3, 0.4) is 0 Å². The Morgan fingerprint density at radius 3 is 2.06 bits per heavy atom. The lowest BCUT2D eigenvalue weighted by atomic mass is 10.0. The lowest BCUT2D eigenvalue weighted by molar-refractivity contribution is -0.137. The average molecular weight is 485 g/mol. The van der Waals surface area contributed by atoms with Crippen molar-refractivity contribution < 1.29 is 38.1 Å². The Morgan fingerprint density at radius 2 is 1.44 bits per heavy atom. The topological polar surface area (TPSA) is 120 Å². The number of rotatable bonds is 19. The van der Waals surface area contributed by atoms with Gasteiger partial charge in [0.15, 0.2) is 0 Å². The van der Waals surface area contributed by atoms with Crippen LogP contribution in [0, 0.1) is 0 Å². The molecule has 1 N–H and O–H groups in total. The van der Waals surface area contributed by atoms with E-state index in [2.05, 4.69) is 5.32 Å². The van der Waals surface area contributed by atoms with Crippen LogP contribution in [0.15, 0.2) is 12.2 Å². The molecule has 10 nitrogen and oxygen atoms in total. The quantitative estimate of drug-likeness (QED) is 0.216. The maximum atomic E-state index is 11.8. The van der Waals surface area contributed by atoms with Crippen molar-refractivity contribution in [3.05, 3.63) is 12.2 Å². The summed E-state index contributed by atoms with van der Waals surface area (Å²) in [5, 5.41) is 2.68. The Morgan fingerprint density at radius 1 is 0.853 bits per heavy atom. The molecule has 10 heteroatoms. The van der Waals surface area contributed by atoms with Gasteiger partial charge in [-0.05, 0) is 41.0 Å². The van der Waals surface area contributed by atoms with Gasteiger partial charge in [-0.3, -0.25) is 19.3 Å². The van der Waals surface area contributed by atoms with E-state index in [4.69, 9.17) is 18.9 Å². The van der Waals surface area contributed by atoms with Crippen molar-refractivity contribution in [2.24, 2.45) is 0 Å². The summed E-state index contributed by atoms with van der Waals surface area (Å²) < 4.78 is 22.7. The van der Waals surface area contributed by atoms with Crippen LogP contribution >= 0.6 is 0 Å². The van der Waals surface area contributed by atoms with Crippen LogP contribution in [0.1, 0.15) is 53.9 Å². The summed E-state index contributed by atoms with van der Waals surface area (Å²) in [4.78, 5) is 46.8. The van der Waals surface area contributed by atoms with Crippen molar-refractivity contribution >= 4 is 23.5 Å². The van der Waals surface area contributed by atoms with Gasteiger partial charge in [0, 0.05) is 38.1 Å². The molecule has 0 aliphatic carbocycles. The summed E-state index contributed by atoms with van der Waals surface area (Å²) in [7, 11) is 0. The van der Waals surface area contributed by atoms with Crippen LogP contribution in [0.25, 0.3) is 0 Å². The Kier molecular flexibility index (Phi) is 13.2. The van der Waals surface area contributed by atoms with E-state index in [9.17, 15) is 19.2 Å². The molecule has 0 aromatic heterocycles. The highest BCUT2D eigenvalue weighted by Crippen LogP contribution is 2.20. The second-order valence-corrected chi connectivity index (χ2v) is 9.34. The second kappa shape index (κ2) is 15.0. The van der Waals surface area contributed by atoms with E-state index < -0.39 is 17.4 Å². The molecule has 1 rings (SSSR count). The van der Waals surface area contributed by atoms with Gasteiger partial charge >= 0.3 is 0 Å². The Bertz CT molecular complexity index is 700. The van der Waals surface area contributed by atoms with Gasteiger partial charge in [0.2, 0.25) is 5.91 Å². The molecule has 0 atom stereocenters. The van der Waals surface area contributed by atoms with Crippen LogP contribution in [-0.4, -0.2) is 92.3 Å². The van der Waals surface area contributed by atoms with Crippen molar-refractivity contribution in [1.29, 1.82) is 0 Å². The highest BCUT2D eigenvalue weighted by molar-refractivity contribution is 6.13. The zero-order chi connectivity index (χ0) is 25.6. The number of imide groups is 1. The summed E-state index contributed by atoms with van der Waals surface area (Å²) in [5.41, 5.74) is -0.861. The van der Waals surface area contributed by atoms with Crippen molar-refractivity contribution in [2.75, 3.05) is 52.7 Å². The van der Waals surface area contributed by atoms with Gasteiger partial charge in [-0.25, -0.2) is 0 Å². The van der Waals surface area contributed by atoms with Gasteiger partial charge in [0.1, 0.15) is 5.78 Å². The minimum absolute atomic E-state index is 0.0551. The zero-order valence-electron chi connectivity index (χ0n) is 21.1. The number of nitrogens with zero attached hydrogens (tertiary/aromatic N) is 1. The molecule has 1 heterocycles. The third kappa shape index (κ3) is 13.5. The summed E-state index contributed by atoms with van der Waals surface area (Å²) in [5.74, 6) is -0.887. The number of carbonyl (C=O) groups is 4. The number of ether oxygens (including phenoxy) is 4. The molecule has 0 aromatic rings. The van der Waals surface area contributed by atoms with Gasteiger partial charge in [0.25, 0.3) is 11.8 Å². The Hall–Kier alpha value is -2.14. The highest BCUT2D eigenvalue weighted by atomic mass is 16.6. The first-order valence-corrected chi connectivity index (χ1v) is 11.6. The largest absolute Gasteiger partial charge is 0.377 e. The van der Waals surface area contributed by atoms with E-state index in [0.717, 1.165) is 4.90 Å². The summed E-state index contributed by atoms with van der Waals surface area (Å²) >= 11 is 0. The number of nitrogens with one attached hydrogen (secondary N) is 1. The lowest BCUT2D eigenvalue weighted by Crippen LogP contribution is -2.37. The van der Waals surface area contributed by atoms with Crippen LogP contribution in [0.5, 0.6) is 0 Å². The van der Waals surface area contributed by atoms with Crippen molar-refractivity contribution in [2.45, 2.75) is 65.1 Å². The Balaban J connectivity index is 1.98. The molecular weight excluding hydrogens is 444 g/mol. The molecule has 194 valence electrons. The molecule has 34 heavy (non-hydrogen) atoms. The first kappa shape index (κ1) is 29.9.